The van der Waals surface area contributed by atoms with Gasteiger partial charge in [-0.15, -0.1) is 0 Å². The van der Waals surface area contributed by atoms with Crippen molar-refractivity contribution in [2.24, 2.45) is 11.3 Å². The van der Waals surface area contributed by atoms with E-state index in [9.17, 15) is 9.59 Å². The Hall–Kier alpha value is -1.12. The number of ether oxygens (including phenoxy) is 1. The molecule has 0 aliphatic heterocycles. The summed E-state index contributed by atoms with van der Waals surface area (Å²) in [6.45, 7) is 5.65. The number of hydrogen-bond acceptors (Lipinski definition) is 3. The van der Waals surface area contributed by atoms with Crippen LogP contribution in [-0.4, -0.2) is 18.9 Å². The molecule has 78 valence electrons. The van der Waals surface area contributed by atoms with Gasteiger partial charge in [-0.3, -0.25) is 9.59 Å². The maximum Gasteiger partial charge on any atom is 0.313 e. The van der Waals surface area contributed by atoms with Crippen molar-refractivity contribution in [3.05, 3.63) is 11.6 Å². The third-order valence-corrected chi connectivity index (χ3v) is 2.69. The Balaban J connectivity index is 3.07. The summed E-state index contributed by atoms with van der Waals surface area (Å²) in [7, 11) is 1.38. The van der Waals surface area contributed by atoms with Gasteiger partial charge in [-0.2, -0.15) is 0 Å². The van der Waals surface area contributed by atoms with Gasteiger partial charge in [0.25, 0.3) is 0 Å². The molecule has 1 unspecified atom stereocenters. The van der Waals surface area contributed by atoms with Crippen molar-refractivity contribution in [3.8, 4) is 0 Å². The molecule has 1 rings (SSSR count). The molecule has 3 heteroatoms. The Kier molecular flexibility index (Phi) is 2.79. The summed E-state index contributed by atoms with van der Waals surface area (Å²) in [6.07, 6.45) is 1.96. The van der Waals surface area contributed by atoms with Crippen LogP contribution in [0.25, 0.3) is 0 Å². The van der Waals surface area contributed by atoms with Gasteiger partial charge in [0.15, 0.2) is 5.78 Å². The van der Waals surface area contributed by atoms with E-state index in [1.54, 1.807) is 13.0 Å². The van der Waals surface area contributed by atoms with Crippen LogP contribution >= 0.6 is 0 Å². The highest BCUT2D eigenvalue weighted by molar-refractivity contribution is 5.94. The summed E-state index contributed by atoms with van der Waals surface area (Å²) in [4.78, 5) is 22.8. The van der Waals surface area contributed by atoms with E-state index in [-0.39, 0.29) is 23.1 Å². The van der Waals surface area contributed by atoms with Crippen LogP contribution in [0.5, 0.6) is 0 Å². The number of carbonyl (C=O) groups excluding carboxylic acids is 2. The van der Waals surface area contributed by atoms with Crippen molar-refractivity contribution in [1.29, 1.82) is 0 Å². The lowest BCUT2D eigenvalue weighted by Crippen LogP contribution is -2.37. The maximum atomic E-state index is 11.5. The van der Waals surface area contributed by atoms with Gasteiger partial charge < -0.3 is 4.74 Å². The molecule has 0 aromatic rings. The van der Waals surface area contributed by atoms with Gasteiger partial charge in [0.2, 0.25) is 0 Å². The Labute approximate surface area is 84.1 Å². The lowest BCUT2D eigenvalue weighted by Gasteiger charge is -2.35. The Morgan fingerprint density at radius 3 is 2.57 bits per heavy atom. The molecule has 0 radical (unpaired) electrons. The summed E-state index contributed by atoms with van der Waals surface area (Å²) in [5.41, 5.74) is 0.473. The van der Waals surface area contributed by atoms with E-state index < -0.39 is 0 Å². The highest BCUT2D eigenvalue weighted by atomic mass is 16.5. The molecule has 14 heavy (non-hydrogen) atoms. The second kappa shape index (κ2) is 3.56. The largest absolute Gasteiger partial charge is 0.469 e. The second-order valence-electron chi connectivity index (χ2n) is 4.48. The summed E-state index contributed by atoms with van der Waals surface area (Å²) in [6, 6.07) is 0. The first-order chi connectivity index (χ1) is 6.38. The molecule has 1 atom stereocenters. The van der Waals surface area contributed by atoms with Crippen LogP contribution in [0.1, 0.15) is 27.2 Å². The number of allylic oxidation sites excluding steroid dienone is 1. The minimum absolute atomic E-state index is 0.0904. The first-order valence-corrected chi connectivity index (χ1v) is 4.67. The van der Waals surface area contributed by atoms with Gasteiger partial charge in [0.1, 0.15) is 0 Å². The van der Waals surface area contributed by atoms with E-state index in [1.165, 1.54) is 7.11 Å². The van der Waals surface area contributed by atoms with Gasteiger partial charge in [-0.1, -0.05) is 19.4 Å². The third-order valence-electron chi connectivity index (χ3n) is 2.69. The molecule has 1 aliphatic carbocycles. The molecule has 0 heterocycles. The molecule has 0 fully saturated rings. The Morgan fingerprint density at radius 2 is 2.14 bits per heavy atom. The Bertz CT molecular complexity index is 300. The van der Waals surface area contributed by atoms with E-state index >= 15 is 0 Å². The molecular formula is C11H16O3. The zero-order chi connectivity index (χ0) is 10.9. The van der Waals surface area contributed by atoms with Crippen LogP contribution in [0.3, 0.4) is 0 Å². The molecule has 0 aromatic carbocycles. The fraction of sp³-hybridized carbons (Fsp3) is 0.636. The van der Waals surface area contributed by atoms with E-state index in [4.69, 9.17) is 4.74 Å². The number of esters is 1. The average Bonchev–Trinajstić information content (AvgIpc) is 1.99. The lowest BCUT2D eigenvalue weighted by molar-refractivity contribution is -0.148. The minimum Gasteiger partial charge on any atom is -0.469 e. The topological polar surface area (TPSA) is 43.4 Å². The number of methoxy groups -OCH3 is 1. The Morgan fingerprint density at radius 1 is 1.57 bits per heavy atom. The van der Waals surface area contributed by atoms with E-state index in [0.717, 1.165) is 5.57 Å². The van der Waals surface area contributed by atoms with Crippen LogP contribution < -0.4 is 0 Å². The zero-order valence-corrected chi connectivity index (χ0v) is 9.09. The highest BCUT2D eigenvalue weighted by Crippen LogP contribution is 2.40. The molecule has 0 N–H and O–H groups in total. The molecule has 0 aromatic heterocycles. The molecule has 1 aliphatic rings. The SMILES string of the molecule is COC(=O)C1C(C)=CC(=O)CC1(C)C. The van der Waals surface area contributed by atoms with Crippen molar-refractivity contribution in [2.75, 3.05) is 7.11 Å². The van der Waals surface area contributed by atoms with E-state index in [1.807, 2.05) is 13.8 Å². The fourth-order valence-corrected chi connectivity index (χ4v) is 2.18. The van der Waals surface area contributed by atoms with Crippen molar-refractivity contribution < 1.29 is 14.3 Å². The van der Waals surface area contributed by atoms with E-state index in [0.29, 0.717) is 6.42 Å². The third kappa shape index (κ3) is 1.86. The van der Waals surface area contributed by atoms with Gasteiger partial charge >= 0.3 is 5.97 Å². The summed E-state index contributed by atoms with van der Waals surface area (Å²) >= 11 is 0. The zero-order valence-electron chi connectivity index (χ0n) is 9.09. The van der Waals surface area contributed by atoms with Crippen molar-refractivity contribution in [1.82, 2.24) is 0 Å². The molecule has 0 bridgehead atoms. The van der Waals surface area contributed by atoms with Crippen molar-refractivity contribution in [3.63, 3.8) is 0 Å². The first-order valence-electron chi connectivity index (χ1n) is 4.67. The van der Waals surface area contributed by atoms with Crippen LogP contribution in [0.15, 0.2) is 11.6 Å². The maximum absolute atomic E-state index is 11.5. The van der Waals surface area contributed by atoms with Crippen LogP contribution in [0, 0.1) is 11.3 Å². The number of ketones is 1. The normalized spacial score (nSPS) is 25.6. The monoisotopic (exact) mass is 196 g/mol. The summed E-state index contributed by atoms with van der Waals surface area (Å²) in [5.74, 6) is -0.450. The highest BCUT2D eigenvalue weighted by Gasteiger charge is 2.41. The van der Waals surface area contributed by atoms with E-state index in [2.05, 4.69) is 0 Å². The van der Waals surface area contributed by atoms with Crippen molar-refractivity contribution >= 4 is 11.8 Å². The van der Waals surface area contributed by atoms with Gasteiger partial charge in [-0.05, 0) is 18.4 Å². The quantitative estimate of drug-likeness (QED) is 0.600. The molecule has 0 spiro atoms. The van der Waals surface area contributed by atoms with Gasteiger partial charge in [0.05, 0.1) is 13.0 Å². The predicted octanol–water partition coefficient (Wildman–Crippen LogP) is 1.72. The van der Waals surface area contributed by atoms with Crippen LogP contribution in [0.4, 0.5) is 0 Å². The van der Waals surface area contributed by atoms with Crippen molar-refractivity contribution in [2.45, 2.75) is 27.2 Å². The fourth-order valence-electron chi connectivity index (χ4n) is 2.18. The van der Waals surface area contributed by atoms with Gasteiger partial charge in [0, 0.05) is 6.42 Å². The number of hydrogen-bond donors (Lipinski definition) is 0. The molecule has 0 saturated carbocycles. The number of carbonyl (C=O) groups is 2. The predicted molar refractivity (Wildman–Crippen MR) is 52.7 cm³/mol. The van der Waals surface area contributed by atoms with Gasteiger partial charge in [-0.25, -0.2) is 0 Å². The number of rotatable bonds is 1. The summed E-state index contributed by atoms with van der Waals surface area (Å²) in [5, 5.41) is 0. The lowest BCUT2D eigenvalue weighted by atomic mass is 9.68. The average molecular weight is 196 g/mol. The minimum atomic E-state index is -0.330. The molecule has 0 amide bonds. The van der Waals surface area contributed by atoms with Crippen LogP contribution in [-0.2, 0) is 14.3 Å². The standard InChI is InChI=1S/C11H16O3/c1-7-5-8(12)6-11(2,3)9(7)10(13)14-4/h5,9H,6H2,1-4H3. The summed E-state index contributed by atoms with van der Waals surface area (Å²) < 4.78 is 4.74. The van der Waals surface area contributed by atoms with Crippen LogP contribution in [0.2, 0.25) is 0 Å². The second-order valence-corrected chi connectivity index (χ2v) is 4.48. The smallest absolute Gasteiger partial charge is 0.313 e. The molecular weight excluding hydrogens is 180 g/mol. The first kappa shape index (κ1) is 11.0. The molecule has 0 saturated heterocycles. The molecule has 3 nitrogen and oxygen atoms in total.